The summed E-state index contributed by atoms with van der Waals surface area (Å²) < 4.78 is 33.5. The van der Waals surface area contributed by atoms with Gasteiger partial charge in [0, 0.05) is 26.2 Å². The molecular weight excluding hydrogens is 420 g/mol. The van der Waals surface area contributed by atoms with E-state index in [-0.39, 0.29) is 0 Å². The number of benzene rings is 2. The van der Waals surface area contributed by atoms with Crippen LogP contribution in [-0.4, -0.2) is 54.0 Å². The first-order valence-corrected chi connectivity index (χ1v) is 12.0. The Morgan fingerprint density at radius 3 is 2.50 bits per heavy atom. The molecule has 1 saturated heterocycles. The number of rotatable bonds is 5. The second kappa shape index (κ2) is 7.92. The Bertz CT molecular complexity index is 1260. The number of hydrogen-bond donors (Lipinski definition) is 0. The molecule has 5 rings (SSSR count). The van der Waals surface area contributed by atoms with Crippen LogP contribution >= 0.6 is 11.3 Å². The van der Waals surface area contributed by atoms with E-state index in [2.05, 4.69) is 15.1 Å². The van der Waals surface area contributed by atoms with E-state index in [9.17, 15) is 8.42 Å². The van der Waals surface area contributed by atoms with Crippen molar-refractivity contribution in [3.8, 4) is 10.8 Å². The lowest BCUT2D eigenvalue weighted by Gasteiger charge is -2.33. The van der Waals surface area contributed by atoms with Crippen LogP contribution in [-0.2, 0) is 16.6 Å². The van der Waals surface area contributed by atoms with Crippen LogP contribution in [0.3, 0.4) is 0 Å². The first kappa shape index (κ1) is 19.4. The van der Waals surface area contributed by atoms with Crippen molar-refractivity contribution < 1.29 is 12.8 Å². The zero-order chi connectivity index (χ0) is 20.6. The quantitative estimate of drug-likeness (QED) is 0.473. The van der Waals surface area contributed by atoms with Crippen LogP contribution in [0.2, 0.25) is 0 Å². The van der Waals surface area contributed by atoms with E-state index in [4.69, 9.17) is 4.42 Å². The lowest BCUT2D eigenvalue weighted by molar-refractivity contribution is 0.168. The molecule has 1 fully saturated rings. The molecule has 0 bridgehead atoms. The van der Waals surface area contributed by atoms with Crippen LogP contribution in [0.5, 0.6) is 0 Å². The van der Waals surface area contributed by atoms with Crippen molar-refractivity contribution in [3.05, 3.63) is 65.9 Å². The molecule has 3 heterocycles. The fourth-order valence-corrected chi connectivity index (χ4v) is 5.72. The smallest absolute Gasteiger partial charge is 0.257 e. The van der Waals surface area contributed by atoms with Crippen molar-refractivity contribution in [2.75, 3.05) is 26.2 Å². The van der Waals surface area contributed by atoms with E-state index in [1.807, 2.05) is 47.8 Å². The number of fused-ring (bicyclic) bond motifs is 1. The molecule has 0 N–H and O–H groups in total. The highest BCUT2D eigenvalue weighted by Crippen LogP contribution is 2.25. The maximum Gasteiger partial charge on any atom is 0.257 e. The van der Waals surface area contributed by atoms with Crippen molar-refractivity contribution in [2.45, 2.75) is 11.4 Å². The maximum atomic E-state index is 13.1. The third-order valence-corrected chi connectivity index (χ3v) is 8.00. The summed E-state index contributed by atoms with van der Waals surface area (Å²) in [5.41, 5.74) is 0. The van der Waals surface area contributed by atoms with Crippen LogP contribution in [0, 0.1) is 0 Å². The molecule has 7 nitrogen and oxygen atoms in total. The van der Waals surface area contributed by atoms with Gasteiger partial charge in [0.25, 0.3) is 5.89 Å². The van der Waals surface area contributed by atoms with Gasteiger partial charge in [-0.3, -0.25) is 4.90 Å². The van der Waals surface area contributed by atoms with Crippen molar-refractivity contribution in [1.82, 2.24) is 19.4 Å². The SMILES string of the molecule is O=S(=O)(c1ccc2ccccc2c1)N1CCN(Cc2nnc(-c3cccs3)o2)CC1. The molecule has 0 atom stereocenters. The highest BCUT2D eigenvalue weighted by atomic mass is 32.2. The molecule has 0 unspecified atom stereocenters. The third kappa shape index (κ3) is 3.77. The lowest BCUT2D eigenvalue weighted by Crippen LogP contribution is -2.48. The Kier molecular flexibility index (Phi) is 5.11. The van der Waals surface area contributed by atoms with E-state index < -0.39 is 10.0 Å². The van der Waals surface area contributed by atoms with E-state index in [1.54, 1.807) is 27.8 Å². The van der Waals surface area contributed by atoms with Gasteiger partial charge in [0.2, 0.25) is 15.9 Å². The molecule has 2 aromatic heterocycles. The fourth-order valence-electron chi connectivity index (χ4n) is 3.61. The number of nitrogens with zero attached hydrogens (tertiary/aromatic N) is 4. The summed E-state index contributed by atoms with van der Waals surface area (Å²) in [5.74, 6) is 1.07. The minimum absolute atomic E-state index is 0.340. The van der Waals surface area contributed by atoms with Crippen LogP contribution in [0.1, 0.15) is 5.89 Å². The second-order valence-electron chi connectivity index (χ2n) is 7.17. The molecule has 0 spiro atoms. The van der Waals surface area contributed by atoms with Gasteiger partial charge in [-0.15, -0.1) is 21.5 Å². The van der Waals surface area contributed by atoms with Crippen molar-refractivity contribution in [3.63, 3.8) is 0 Å². The average molecular weight is 441 g/mol. The van der Waals surface area contributed by atoms with Crippen LogP contribution in [0.25, 0.3) is 21.5 Å². The summed E-state index contributed by atoms with van der Waals surface area (Å²) in [4.78, 5) is 3.42. The van der Waals surface area contributed by atoms with E-state index in [1.165, 1.54) is 0 Å². The number of thiophene rings is 1. The van der Waals surface area contributed by atoms with Gasteiger partial charge in [0.05, 0.1) is 16.3 Å². The third-order valence-electron chi connectivity index (χ3n) is 5.25. The zero-order valence-corrected chi connectivity index (χ0v) is 17.8. The summed E-state index contributed by atoms with van der Waals surface area (Å²) in [6, 6.07) is 17.0. The Labute approximate surface area is 178 Å². The van der Waals surface area contributed by atoms with Gasteiger partial charge in [0.1, 0.15) is 0 Å². The molecule has 9 heteroatoms. The number of sulfonamides is 1. The molecule has 1 aliphatic rings. The van der Waals surface area contributed by atoms with Crippen LogP contribution in [0.15, 0.2) is 69.3 Å². The first-order chi connectivity index (χ1) is 14.6. The Balaban J connectivity index is 1.24. The van der Waals surface area contributed by atoms with Crippen LogP contribution < -0.4 is 0 Å². The van der Waals surface area contributed by atoms with E-state index in [0.717, 1.165) is 15.6 Å². The van der Waals surface area contributed by atoms with Gasteiger partial charge in [0.15, 0.2) is 0 Å². The monoisotopic (exact) mass is 440 g/mol. The highest BCUT2D eigenvalue weighted by molar-refractivity contribution is 7.89. The molecule has 30 heavy (non-hydrogen) atoms. The zero-order valence-electron chi connectivity index (χ0n) is 16.1. The summed E-state index contributed by atoms with van der Waals surface area (Å²) >= 11 is 1.55. The topological polar surface area (TPSA) is 79.5 Å². The molecule has 2 aromatic carbocycles. The Morgan fingerprint density at radius 1 is 0.933 bits per heavy atom. The van der Waals surface area contributed by atoms with E-state index in [0.29, 0.717) is 49.4 Å². The second-order valence-corrected chi connectivity index (χ2v) is 10.1. The molecule has 0 radical (unpaired) electrons. The minimum atomic E-state index is -3.52. The van der Waals surface area contributed by atoms with Gasteiger partial charge in [-0.2, -0.15) is 4.31 Å². The maximum absolute atomic E-state index is 13.1. The number of hydrogen-bond acceptors (Lipinski definition) is 7. The van der Waals surface area contributed by atoms with Gasteiger partial charge >= 0.3 is 0 Å². The molecule has 0 amide bonds. The van der Waals surface area contributed by atoms with Gasteiger partial charge in [-0.1, -0.05) is 36.4 Å². The molecule has 0 saturated carbocycles. The molecule has 1 aliphatic heterocycles. The van der Waals surface area contributed by atoms with Crippen molar-refractivity contribution in [1.29, 1.82) is 0 Å². The normalized spacial score (nSPS) is 16.3. The fraction of sp³-hybridized carbons (Fsp3) is 0.238. The summed E-state index contributed by atoms with van der Waals surface area (Å²) in [6.07, 6.45) is 0. The molecule has 154 valence electrons. The predicted octanol–water partition coefficient (Wildman–Crippen LogP) is 3.46. The van der Waals surface area contributed by atoms with Gasteiger partial charge in [-0.05, 0) is 34.4 Å². The summed E-state index contributed by atoms with van der Waals surface area (Å²) in [5, 5.41) is 12.2. The molecule has 4 aromatic rings. The van der Waals surface area contributed by atoms with Crippen LogP contribution in [0.4, 0.5) is 0 Å². The molecule has 0 aliphatic carbocycles. The average Bonchev–Trinajstić information content (AvgIpc) is 3.46. The lowest BCUT2D eigenvalue weighted by atomic mass is 10.1. The van der Waals surface area contributed by atoms with Gasteiger partial charge in [-0.25, -0.2) is 8.42 Å². The predicted molar refractivity (Wildman–Crippen MR) is 116 cm³/mol. The number of piperazine rings is 1. The molecular formula is C21H20N4O3S2. The number of aromatic nitrogens is 2. The standard InChI is InChI=1S/C21H20N4O3S2/c26-30(27,18-8-7-16-4-1-2-5-17(16)14-18)25-11-9-24(10-12-25)15-20-22-23-21(28-20)19-6-3-13-29-19/h1-8,13-14H,9-12,15H2. The minimum Gasteiger partial charge on any atom is -0.419 e. The summed E-state index contributed by atoms with van der Waals surface area (Å²) in [6.45, 7) is 2.61. The Morgan fingerprint density at radius 2 is 1.73 bits per heavy atom. The Hall–Kier alpha value is -2.59. The van der Waals surface area contributed by atoms with Crippen molar-refractivity contribution in [2.24, 2.45) is 0 Å². The van der Waals surface area contributed by atoms with Gasteiger partial charge < -0.3 is 4.42 Å². The summed E-state index contributed by atoms with van der Waals surface area (Å²) in [7, 11) is -3.52. The highest BCUT2D eigenvalue weighted by Gasteiger charge is 2.29. The van der Waals surface area contributed by atoms with E-state index >= 15 is 0 Å². The first-order valence-electron chi connectivity index (χ1n) is 9.67. The van der Waals surface area contributed by atoms with Crippen molar-refractivity contribution >= 4 is 32.1 Å². The largest absolute Gasteiger partial charge is 0.419 e.